The Hall–Kier alpha value is -2.08. The largest absolute Gasteiger partial charge is 0.481 e. The maximum absolute atomic E-state index is 12.1. The van der Waals surface area contributed by atoms with Crippen LogP contribution in [-0.2, 0) is 11.3 Å². The Morgan fingerprint density at radius 1 is 1.52 bits per heavy atom. The molecule has 1 fully saturated rings. The quantitative estimate of drug-likeness (QED) is 0.844. The van der Waals surface area contributed by atoms with Crippen molar-refractivity contribution in [3.63, 3.8) is 0 Å². The molecule has 23 heavy (non-hydrogen) atoms. The van der Waals surface area contributed by atoms with Crippen LogP contribution in [0.5, 0.6) is 5.75 Å². The van der Waals surface area contributed by atoms with Gasteiger partial charge in [-0.1, -0.05) is 17.7 Å². The van der Waals surface area contributed by atoms with Gasteiger partial charge in [0, 0.05) is 24.0 Å². The molecule has 0 spiro atoms. The zero-order valence-corrected chi connectivity index (χ0v) is 13.7. The Morgan fingerprint density at radius 3 is 3.09 bits per heavy atom. The Bertz CT molecular complexity index is 684. The Labute approximate surface area is 139 Å². The van der Waals surface area contributed by atoms with Crippen molar-refractivity contribution in [2.24, 2.45) is 0 Å². The first kappa shape index (κ1) is 15.8. The number of carbonyl (C=O) groups excluding carboxylic acids is 1. The monoisotopic (exact) mass is 334 g/mol. The molecular weight excluding hydrogens is 316 g/mol. The molecule has 0 saturated heterocycles. The molecule has 1 heterocycles. The third-order valence-electron chi connectivity index (χ3n) is 3.72. The third kappa shape index (κ3) is 4.22. The molecule has 0 aliphatic heterocycles. The van der Waals surface area contributed by atoms with Crippen molar-refractivity contribution in [3.05, 3.63) is 41.4 Å². The molecule has 1 aliphatic carbocycles. The van der Waals surface area contributed by atoms with Crippen molar-refractivity contribution in [3.8, 4) is 5.75 Å². The number of benzene rings is 1. The zero-order valence-electron chi connectivity index (χ0n) is 12.9. The second-order valence-electron chi connectivity index (χ2n) is 5.67. The highest BCUT2D eigenvalue weighted by molar-refractivity contribution is 6.30. The summed E-state index contributed by atoms with van der Waals surface area (Å²) in [7, 11) is 0. The van der Waals surface area contributed by atoms with Crippen LogP contribution in [0.2, 0.25) is 5.02 Å². The van der Waals surface area contributed by atoms with E-state index in [0.717, 1.165) is 5.82 Å². The van der Waals surface area contributed by atoms with Crippen LogP contribution in [0.1, 0.15) is 31.5 Å². The first-order valence-electron chi connectivity index (χ1n) is 7.71. The van der Waals surface area contributed by atoms with Crippen LogP contribution in [0.3, 0.4) is 0 Å². The number of ether oxygens (including phenoxy) is 1. The Balaban J connectivity index is 1.46. The summed E-state index contributed by atoms with van der Waals surface area (Å²) in [5.74, 6) is 1.97. The van der Waals surface area contributed by atoms with E-state index in [1.165, 1.54) is 12.8 Å². The summed E-state index contributed by atoms with van der Waals surface area (Å²) < 4.78 is 7.59. The highest BCUT2D eigenvalue weighted by Gasteiger charge is 2.28. The summed E-state index contributed by atoms with van der Waals surface area (Å²) in [6.45, 7) is 2.89. The lowest BCUT2D eigenvalue weighted by molar-refractivity contribution is -0.127. The van der Waals surface area contributed by atoms with Crippen molar-refractivity contribution < 1.29 is 9.53 Å². The summed E-state index contributed by atoms with van der Waals surface area (Å²) in [5, 5.41) is 11.5. The van der Waals surface area contributed by atoms with E-state index >= 15 is 0 Å². The molecule has 0 unspecified atom stereocenters. The van der Waals surface area contributed by atoms with Crippen LogP contribution in [0, 0.1) is 0 Å². The fourth-order valence-electron chi connectivity index (χ4n) is 2.34. The van der Waals surface area contributed by atoms with Gasteiger partial charge in [0.25, 0.3) is 5.91 Å². The summed E-state index contributed by atoms with van der Waals surface area (Å²) in [4.78, 5) is 12.1. The number of hydrogen-bond donors (Lipinski definition) is 1. The fourth-order valence-corrected chi connectivity index (χ4v) is 2.52. The van der Waals surface area contributed by atoms with Crippen LogP contribution in [0.25, 0.3) is 0 Å². The smallest absolute Gasteiger partial charge is 0.260 e. The van der Waals surface area contributed by atoms with E-state index in [0.29, 0.717) is 29.8 Å². The molecule has 0 bridgehead atoms. The van der Waals surface area contributed by atoms with Crippen LogP contribution >= 0.6 is 11.6 Å². The minimum atomic E-state index is -0.586. The Morgan fingerprint density at radius 2 is 2.35 bits per heavy atom. The van der Waals surface area contributed by atoms with Gasteiger partial charge in [0.15, 0.2) is 6.10 Å². The number of carbonyl (C=O) groups is 1. The minimum Gasteiger partial charge on any atom is -0.481 e. The molecule has 3 rings (SSSR count). The van der Waals surface area contributed by atoms with Gasteiger partial charge in [-0.05, 0) is 38.0 Å². The molecule has 1 saturated carbocycles. The molecule has 122 valence electrons. The van der Waals surface area contributed by atoms with Crippen molar-refractivity contribution in [2.75, 3.05) is 6.54 Å². The molecule has 1 aliphatic rings. The molecule has 1 atom stereocenters. The lowest BCUT2D eigenvalue weighted by atomic mass is 10.3. The van der Waals surface area contributed by atoms with E-state index < -0.39 is 6.10 Å². The first-order valence-corrected chi connectivity index (χ1v) is 8.09. The second-order valence-corrected chi connectivity index (χ2v) is 6.10. The van der Waals surface area contributed by atoms with Gasteiger partial charge in [-0.15, -0.1) is 10.2 Å². The van der Waals surface area contributed by atoms with Crippen molar-refractivity contribution >= 4 is 17.5 Å². The summed E-state index contributed by atoms with van der Waals surface area (Å²) in [6, 6.07) is 7.00. The van der Waals surface area contributed by atoms with Gasteiger partial charge in [-0.25, -0.2) is 0 Å². The average molecular weight is 335 g/mol. The highest BCUT2D eigenvalue weighted by Crippen LogP contribution is 2.38. The molecule has 2 aromatic rings. The van der Waals surface area contributed by atoms with E-state index in [1.807, 2.05) is 4.57 Å². The van der Waals surface area contributed by atoms with E-state index in [9.17, 15) is 4.79 Å². The summed E-state index contributed by atoms with van der Waals surface area (Å²) >= 11 is 5.90. The van der Waals surface area contributed by atoms with Gasteiger partial charge >= 0.3 is 0 Å². The number of halogens is 1. The lowest BCUT2D eigenvalue weighted by Crippen LogP contribution is -2.38. The molecule has 1 amide bonds. The molecular formula is C16H19ClN4O2. The second kappa shape index (κ2) is 7.00. The van der Waals surface area contributed by atoms with E-state index in [-0.39, 0.29) is 5.91 Å². The number of nitrogens with zero attached hydrogens (tertiary/aromatic N) is 3. The predicted molar refractivity (Wildman–Crippen MR) is 86.5 cm³/mol. The fraction of sp³-hybridized carbons (Fsp3) is 0.438. The maximum Gasteiger partial charge on any atom is 0.260 e. The Kier molecular flexibility index (Phi) is 4.81. The first-order chi connectivity index (χ1) is 11.1. The number of hydrogen-bond acceptors (Lipinski definition) is 4. The van der Waals surface area contributed by atoms with Gasteiger partial charge in [-0.3, -0.25) is 4.79 Å². The maximum atomic E-state index is 12.1. The van der Waals surface area contributed by atoms with Gasteiger partial charge < -0.3 is 14.6 Å². The van der Waals surface area contributed by atoms with Crippen LogP contribution in [-0.4, -0.2) is 33.3 Å². The molecule has 1 aromatic heterocycles. The predicted octanol–water partition coefficient (Wildman–Crippen LogP) is 2.39. The number of amides is 1. The van der Waals surface area contributed by atoms with Gasteiger partial charge in [0.2, 0.25) is 0 Å². The van der Waals surface area contributed by atoms with E-state index in [1.54, 1.807) is 37.5 Å². The third-order valence-corrected chi connectivity index (χ3v) is 3.95. The number of rotatable bonds is 7. The molecule has 1 aromatic carbocycles. The van der Waals surface area contributed by atoms with Gasteiger partial charge in [0.05, 0.1) is 0 Å². The highest BCUT2D eigenvalue weighted by atomic mass is 35.5. The minimum absolute atomic E-state index is 0.161. The molecule has 1 N–H and O–H groups in total. The number of nitrogens with one attached hydrogen (secondary N) is 1. The normalized spacial score (nSPS) is 15.2. The van der Waals surface area contributed by atoms with Crippen LogP contribution in [0.15, 0.2) is 30.6 Å². The summed E-state index contributed by atoms with van der Waals surface area (Å²) in [6.07, 6.45) is 3.48. The van der Waals surface area contributed by atoms with Gasteiger partial charge in [-0.2, -0.15) is 0 Å². The van der Waals surface area contributed by atoms with Crippen molar-refractivity contribution in [1.29, 1.82) is 0 Å². The number of aromatic nitrogens is 3. The molecule has 7 heteroatoms. The van der Waals surface area contributed by atoms with Crippen LogP contribution in [0.4, 0.5) is 0 Å². The van der Waals surface area contributed by atoms with E-state index in [2.05, 4.69) is 15.5 Å². The zero-order chi connectivity index (χ0) is 16.2. The topological polar surface area (TPSA) is 69.0 Å². The van der Waals surface area contributed by atoms with Gasteiger partial charge in [0.1, 0.15) is 17.9 Å². The standard InChI is InChI=1S/C16H19ClN4O2/c1-11(23-14-4-2-3-13(17)9-14)16(22)18-7-8-21-10-19-20-15(21)12-5-6-12/h2-4,9-12H,5-8H2,1H3,(H,18,22)/t11-/m0/s1. The SMILES string of the molecule is C[C@H](Oc1cccc(Cl)c1)C(=O)NCCn1cnnc1C1CC1. The summed E-state index contributed by atoms with van der Waals surface area (Å²) in [5.41, 5.74) is 0. The van der Waals surface area contributed by atoms with Crippen LogP contribution < -0.4 is 10.1 Å². The van der Waals surface area contributed by atoms with E-state index in [4.69, 9.17) is 16.3 Å². The van der Waals surface area contributed by atoms with Crippen molar-refractivity contribution in [2.45, 2.75) is 38.3 Å². The van der Waals surface area contributed by atoms with Crippen molar-refractivity contribution in [1.82, 2.24) is 20.1 Å². The molecule has 0 radical (unpaired) electrons. The lowest BCUT2D eigenvalue weighted by Gasteiger charge is -2.15. The average Bonchev–Trinajstić information content (AvgIpc) is 3.26. The molecule has 6 nitrogen and oxygen atoms in total.